The van der Waals surface area contributed by atoms with Crippen LogP contribution in [0.4, 0.5) is 8.78 Å². The van der Waals surface area contributed by atoms with Crippen LogP contribution in [0.1, 0.15) is 23.2 Å². The Balaban J connectivity index is 2.14. The van der Waals surface area contributed by atoms with Crippen LogP contribution in [-0.4, -0.2) is 22.7 Å². The third-order valence-electron chi connectivity index (χ3n) is 3.01. The lowest BCUT2D eigenvalue weighted by molar-refractivity contribution is 0.0913. The van der Waals surface area contributed by atoms with Gasteiger partial charge in [-0.05, 0) is 18.2 Å². The molecule has 0 bridgehead atoms. The van der Waals surface area contributed by atoms with Gasteiger partial charge >= 0.3 is 5.76 Å². The van der Waals surface area contributed by atoms with Crippen LogP contribution in [0.3, 0.4) is 0 Å². The molecule has 6 nitrogen and oxygen atoms in total. The number of hydrogen-bond donors (Lipinski definition) is 0. The van der Waals surface area contributed by atoms with E-state index in [9.17, 15) is 18.4 Å². The second-order valence-corrected chi connectivity index (χ2v) is 4.77. The summed E-state index contributed by atoms with van der Waals surface area (Å²) < 4.78 is 36.6. The van der Waals surface area contributed by atoms with Gasteiger partial charge in [-0.3, -0.25) is 4.79 Å². The normalized spacial score (nSPS) is 12.4. The number of Topliss-reactive ketones (excluding diaryl/α,β-unsaturated/α-hetero) is 1. The molecule has 0 spiro atoms. The molecule has 0 aliphatic carbocycles. The van der Waals surface area contributed by atoms with Gasteiger partial charge in [-0.2, -0.15) is 4.68 Å². The number of nitrogens with zero attached hydrogens (tertiary/aromatic N) is 2. The quantitative estimate of drug-likeness (QED) is 0.760. The van der Waals surface area contributed by atoms with Crippen molar-refractivity contribution in [3.63, 3.8) is 0 Å². The lowest BCUT2D eigenvalue weighted by atomic mass is 9.99. The molecule has 1 heterocycles. The van der Waals surface area contributed by atoms with Gasteiger partial charge in [0, 0.05) is 18.6 Å². The third kappa shape index (κ3) is 3.45. The highest BCUT2D eigenvalue weighted by Gasteiger charge is 2.20. The summed E-state index contributed by atoms with van der Waals surface area (Å²) in [6.07, 6.45) is 0. The molecule has 22 heavy (non-hydrogen) atoms. The Morgan fingerprint density at radius 2 is 2.14 bits per heavy atom. The average molecular weight is 312 g/mol. The van der Waals surface area contributed by atoms with Gasteiger partial charge in [0.25, 0.3) is 0 Å². The summed E-state index contributed by atoms with van der Waals surface area (Å²) in [6, 6.07) is 2.91. The first-order chi connectivity index (χ1) is 10.4. The maximum atomic E-state index is 13.2. The molecule has 1 unspecified atom stereocenters. The molecule has 1 aromatic carbocycles. The van der Waals surface area contributed by atoms with E-state index in [1.807, 2.05) is 0 Å². The minimum atomic E-state index is -1.10. The van der Waals surface area contributed by atoms with E-state index >= 15 is 0 Å². The molecule has 8 heteroatoms. The van der Waals surface area contributed by atoms with Crippen LogP contribution in [0.2, 0.25) is 0 Å². The van der Waals surface area contributed by atoms with E-state index in [1.165, 1.54) is 13.2 Å². The first kappa shape index (κ1) is 16.0. The zero-order chi connectivity index (χ0) is 16.3. The molecule has 118 valence electrons. The number of methoxy groups -OCH3 is 1. The van der Waals surface area contributed by atoms with Crippen LogP contribution in [-0.2, 0) is 17.9 Å². The Labute approximate surface area is 124 Å². The fourth-order valence-electron chi connectivity index (χ4n) is 1.92. The van der Waals surface area contributed by atoms with E-state index in [1.54, 1.807) is 6.92 Å². The van der Waals surface area contributed by atoms with Crippen LogP contribution >= 0.6 is 0 Å². The number of carbonyl (C=O) groups is 1. The van der Waals surface area contributed by atoms with E-state index in [-0.39, 0.29) is 24.6 Å². The van der Waals surface area contributed by atoms with Gasteiger partial charge in [-0.15, -0.1) is 5.10 Å². The van der Waals surface area contributed by atoms with Crippen LogP contribution in [0.15, 0.2) is 27.4 Å². The van der Waals surface area contributed by atoms with Gasteiger partial charge in [0.15, 0.2) is 17.4 Å². The maximum Gasteiger partial charge on any atom is 0.437 e. The molecule has 1 aromatic heterocycles. The lowest BCUT2D eigenvalue weighted by Crippen LogP contribution is -2.25. The molecule has 2 aromatic rings. The van der Waals surface area contributed by atoms with Gasteiger partial charge in [-0.1, -0.05) is 6.92 Å². The SMILES string of the molecule is COCc1nn(CC(C)C(=O)c2ccc(F)c(F)c2)c(=O)o1. The second-order valence-electron chi connectivity index (χ2n) is 4.77. The maximum absolute atomic E-state index is 13.2. The van der Waals surface area contributed by atoms with E-state index in [0.717, 1.165) is 16.8 Å². The molecule has 0 aliphatic heterocycles. The first-order valence-corrected chi connectivity index (χ1v) is 6.47. The van der Waals surface area contributed by atoms with Crippen molar-refractivity contribution in [1.29, 1.82) is 0 Å². The Kier molecular flexibility index (Phi) is 4.81. The largest absolute Gasteiger partial charge is 0.437 e. The molecule has 0 N–H and O–H groups in total. The smallest absolute Gasteiger partial charge is 0.390 e. The molecule has 0 amide bonds. The number of halogens is 2. The topological polar surface area (TPSA) is 74.3 Å². The van der Waals surface area contributed by atoms with Crippen molar-refractivity contribution in [2.24, 2.45) is 5.92 Å². The van der Waals surface area contributed by atoms with Crippen molar-refractivity contribution in [2.45, 2.75) is 20.1 Å². The highest BCUT2D eigenvalue weighted by molar-refractivity contribution is 5.97. The van der Waals surface area contributed by atoms with Crippen molar-refractivity contribution in [3.8, 4) is 0 Å². The van der Waals surface area contributed by atoms with Crippen LogP contribution in [0, 0.1) is 17.6 Å². The second kappa shape index (κ2) is 6.61. The highest BCUT2D eigenvalue weighted by atomic mass is 19.2. The summed E-state index contributed by atoms with van der Waals surface area (Å²) in [5.41, 5.74) is 0.0278. The predicted molar refractivity (Wildman–Crippen MR) is 71.3 cm³/mol. The van der Waals surface area contributed by atoms with Gasteiger partial charge < -0.3 is 9.15 Å². The number of benzene rings is 1. The predicted octanol–water partition coefficient (Wildman–Crippen LogP) is 1.78. The molecule has 0 fully saturated rings. The molecule has 0 radical (unpaired) electrons. The van der Waals surface area contributed by atoms with Crippen LogP contribution in [0.25, 0.3) is 0 Å². The standard InChI is InChI=1S/C14H14F2N2O4/c1-8(6-18-14(20)22-12(17-18)7-21-2)13(19)9-3-4-10(15)11(16)5-9/h3-5,8H,6-7H2,1-2H3. The van der Waals surface area contributed by atoms with Gasteiger partial charge in [0.2, 0.25) is 5.89 Å². The van der Waals surface area contributed by atoms with Crippen molar-refractivity contribution >= 4 is 5.78 Å². The van der Waals surface area contributed by atoms with E-state index in [0.29, 0.717) is 0 Å². The average Bonchev–Trinajstić information content (AvgIpc) is 2.81. The van der Waals surface area contributed by atoms with Crippen molar-refractivity contribution in [2.75, 3.05) is 7.11 Å². The van der Waals surface area contributed by atoms with Gasteiger partial charge in [-0.25, -0.2) is 13.6 Å². The number of hydrogen-bond acceptors (Lipinski definition) is 5. The molecule has 0 saturated heterocycles. The summed E-state index contributed by atoms with van der Waals surface area (Å²) in [5, 5.41) is 3.87. The number of ether oxygens (including phenoxy) is 1. The van der Waals surface area contributed by atoms with Gasteiger partial charge in [0.1, 0.15) is 6.61 Å². The summed E-state index contributed by atoms with van der Waals surface area (Å²) in [4.78, 5) is 23.7. The third-order valence-corrected chi connectivity index (χ3v) is 3.01. The van der Waals surface area contributed by atoms with E-state index < -0.39 is 29.1 Å². The fraction of sp³-hybridized carbons (Fsp3) is 0.357. The summed E-state index contributed by atoms with van der Waals surface area (Å²) >= 11 is 0. The molecule has 1 atom stereocenters. The number of ketones is 1. The van der Waals surface area contributed by atoms with Crippen molar-refractivity contribution in [1.82, 2.24) is 9.78 Å². The lowest BCUT2D eigenvalue weighted by Gasteiger charge is -2.09. The Morgan fingerprint density at radius 1 is 1.41 bits per heavy atom. The minimum Gasteiger partial charge on any atom is -0.390 e. The monoisotopic (exact) mass is 312 g/mol. The van der Waals surface area contributed by atoms with E-state index in [2.05, 4.69) is 5.10 Å². The molecule has 0 aliphatic rings. The number of carbonyl (C=O) groups excluding carboxylic acids is 1. The molecular formula is C14H14F2N2O4. The number of aromatic nitrogens is 2. The Morgan fingerprint density at radius 3 is 2.77 bits per heavy atom. The minimum absolute atomic E-state index is 0.0278. The summed E-state index contributed by atoms with van der Waals surface area (Å²) in [6.45, 7) is 1.55. The molecule has 2 rings (SSSR count). The van der Waals surface area contributed by atoms with Crippen molar-refractivity contribution in [3.05, 3.63) is 51.8 Å². The summed E-state index contributed by atoms with van der Waals surface area (Å²) in [7, 11) is 1.42. The van der Waals surface area contributed by atoms with Crippen LogP contribution in [0.5, 0.6) is 0 Å². The first-order valence-electron chi connectivity index (χ1n) is 6.47. The zero-order valence-corrected chi connectivity index (χ0v) is 12.0. The van der Waals surface area contributed by atoms with Crippen LogP contribution < -0.4 is 5.76 Å². The van der Waals surface area contributed by atoms with Crippen molar-refractivity contribution < 1.29 is 22.7 Å². The fourth-order valence-corrected chi connectivity index (χ4v) is 1.92. The number of rotatable bonds is 6. The van der Waals surface area contributed by atoms with Gasteiger partial charge in [0.05, 0.1) is 6.54 Å². The Hall–Kier alpha value is -2.35. The van der Waals surface area contributed by atoms with E-state index in [4.69, 9.17) is 9.15 Å². The Bertz CT molecular complexity index is 739. The highest BCUT2D eigenvalue weighted by Crippen LogP contribution is 2.14. The molecule has 0 saturated carbocycles. The molecular weight excluding hydrogens is 298 g/mol. The summed E-state index contributed by atoms with van der Waals surface area (Å²) in [5.74, 6) is -3.83. The zero-order valence-electron chi connectivity index (χ0n) is 12.0.